The van der Waals surface area contributed by atoms with E-state index in [4.69, 9.17) is 16.6 Å². The molecule has 0 saturated carbocycles. The van der Waals surface area contributed by atoms with Crippen LogP contribution in [0.3, 0.4) is 0 Å². The van der Waals surface area contributed by atoms with Crippen LogP contribution < -0.4 is 11.5 Å². The van der Waals surface area contributed by atoms with Crippen LogP contribution in [-0.4, -0.2) is 35.6 Å². The van der Waals surface area contributed by atoms with Gasteiger partial charge in [0.2, 0.25) is 0 Å². The lowest BCUT2D eigenvalue weighted by Crippen LogP contribution is -2.33. The molecule has 2 rings (SSSR count). The number of hydrogen-bond donors (Lipinski definition) is 3. The van der Waals surface area contributed by atoms with E-state index in [1.54, 1.807) is 0 Å². The highest BCUT2D eigenvalue weighted by Gasteiger charge is 2.32. The van der Waals surface area contributed by atoms with Crippen molar-refractivity contribution in [3.8, 4) is 0 Å². The van der Waals surface area contributed by atoms with Gasteiger partial charge >= 0.3 is 5.97 Å². The molecule has 2 atom stereocenters. The van der Waals surface area contributed by atoms with Crippen molar-refractivity contribution in [2.45, 2.75) is 12.5 Å². The van der Waals surface area contributed by atoms with Crippen molar-refractivity contribution < 1.29 is 9.90 Å². The highest BCUT2D eigenvalue weighted by molar-refractivity contribution is 5.70. The molecule has 0 aromatic heterocycles. The quantitative estimate of drug-likeness (QED) is 0.682. The van der Waals surface area contributed by atoms with Crippen LogP contribution in [0.5, 0.6) is 0 Å². The van der Waals surface area contributed by atoms with Crippen LogP contribution >= 0.6 is 0 Å². The van der Waals surface area contributed by atoms with Crippen molar-refractivity contribution in [3.05, 3.63) is 29.8 Å². The summed E-state index contributed by atoms with van der Waals surface area (Å²) in [4.78, 5) is 13.1. The summed E-state index contributed by atoms with van der Waals surface area (Å²) in [6.45, 7) is 1.75. The molecule has 5 N–H and O–H groups in total. The fraction of sp³-hybridized carbons (Fsp3) is 0.462. The molecule has 18 heavy (non-hydrogen) atoms. The van der Waals surface area contributed by atoms with E-state index in [2.05, 4.69) is 4.90 Å². The number of para-hydroxylation sites is 1. The highest BCUT2D eigenvalue weighted by Crippen LogP contribution is 2.30. The molecule has 1 aromatic rings. The maximum atomic E-state index is 11.0. The van der Waals surface area contributed by atoms with Crippen LogP contribution in [0.1, 0.15) is 18.0 Å². The molecule has 0 aliphatic carbocycles. The van der Waals surface area contributed by atoms with Crippen LogP contribution in [0.4, 0.5) is 5.69 Å². The van der Waals surface area contributed by atoms with E-state index in [9.17, 15) is 4.79 Å². The molecule has 0 amide bonds. The molecule has 1 fully saturated rings. The molecule has 0 spiro atoms. The van der Waals surface area contributed by atoms with Gasteiger partial charge < -0.3 is 16.6 Å². The van der Waals surface area contributed by atoms with Gasteiger partial charge in [-0.2, -0.15) is 0 Å². The lowest BCUT2D eigenvalue weighted by molar-refractivity contribution is -0.141. The van der Waals surface area contributed by atoms with Gasteiger partial charge in [0.15, 0.2) is 0 Å². The number of nitrogen functional groups attached to an aromatic ring is 1. The Bertz CT molecular complexity index is 436. The van der Waals surface area contributed by atoms with Crippen molar-refractivity contribution in [2.75, 3.05) is 25.4 Å². The molecular formula is C13H19N3O2. The van der Waals surface area contributed by atoms with E-state index in [1.807, 2.05) is 24.3 Å². The Labute approximate surface area is 106 Å². The van der Waals surface area contributed by atoms with Gasteiger partial charge in [0.25, 0.3) is 0 Å². The molecule has 0 unspecified atom stereocenters. The van der Waals surface area contributed by atoms with E-state index in [0.29, 0.717) is 25.2 Å². The fourth-order valence-corrected chi connectivity index (χ4v) is 2.56. The van der Waals surface area contributed by atoms with Crippen molar-refractivity contribution in [2.24, 2.45) is 11.7 Å². The van der Waals surface area contributed by atoms with Crippen LogP contribution in [-0.2, 0) is 4.79 Å². The summed E-state index contributed by atoms with van der Waals surface area (Å²) in [6, 6.07) is 7.63. The number of hydrogen-bond acceptors (Lipinski definition) is 4. The van der Waals surface area contributed by atoms with Crippen molar-refractivity contribution in [1.29, 1.82) is 0 Å². The van der Waals surface area contributed by atoms with Crippen molar-refractivity contribution >= 4 is 11.7 Å². The maximum Gasteiger partial charge on any atom is 0.307 e. The fourth-order valence-electron chi connectivity index (χ4n) is 2.56. The third-order valence-electron chi connectivity index (χ3n) is 3.59. The number of benzene rings is 1. The minimum absolute atomic E-state index is 0.00977. The summed E-state index contributed by atoms with van der Waals surface area (Å²) in [5.41, 5.74) is 13.5. The molecule has 1 aliphatic heterocycles. The molecule has 0 radical (unpaired) electrons. The lowest BCUT2D eigenvalue weighted by atomic mass is 10.0. The monoisotopic (exact) mass is 249 g/mol. The smallest absolute Gasteiger partial charge is 0.307 e. The number of carboxylic acids is 1. The topological polar surface area (TPSA) is 92.6 Å². The second-order valence-electron chi connectivity index (χ2n) is 4.70. The first-order valence-electron chi connectivity index (χ1n) is 6.14. The molecule has 5 nitrogen and oxygen atoms in total. The first-order valence-corrected chi connectivity index (χ1v) is 6.14. The molecule has 1 saturated heterocycles. The Kier molecular flexibility index (Phi) is 3.84. The standard InChI is InChI=1S/C13H19N3O2/c14-7-12(10-3-1-2-4-11(10)15)16-6-5-9(8-16)13(17)18/h1-4,9,12H,5-8,14-15H2,(H,17,18)/t9-,12+/m1/s1. The SMILES string of the molecule is NC[C@@H](c1ccccc1N)N1CC[C@@H](C(=O)O)C1. The summed E-state index contributed by atoms with van der Waals surface area (Å²) < 4.78 is 0. The highest BCUT2D eigenvalue weighted by atomic mass is 16.4. The Morgan fingerprint density at radius 1 is 1.50 bits per heavy atom. The van der Waals surface area contributed by atoms with Gasteiger partial charge in [0, 0.05) is 24.8 Å². The van der Waals surface area contributed by atoms with Crippen LogP contribution in [0.15, 0.2) is 24.3 Å². The number of aliphatic carboxylic acids is 1. The van der Waals surface area contributed by atoms with E-state index >= 15 is 0 Å². The van der Waals surface area contributed by atoms with Gasteiger partial charge in [-0.3, -0.25) is 9.69 Å². The number of likely N-dealkylation sites (tertiary alicyclic amines) is 1. The maximum absolute atomic E-state index is 11.0. The van der Waals surface area contributed by atoms with Gasteiger partial charge in [0.05, 0.1) is 5.92 Å². The van der Waals surface area contributed by atoms with Gasteiger partial charge in [-0.15, -0.1) is 0 Å². The lowest BCUT2D eigenvalue weighted by Gasteiger charge is -2.27. The second kappa shape index (κ2) is 5.37. The number of carboxylic acid groups (broad SMARTS) is 1. The van der Waals surface area contributed by atoms with Gasteiger partial charge in [-0.05, 0) is 24.6 Å². The zero-order chi connectivity index (χ0) is 13.1. The van der Waals surface area contributed by atoms with Crippen LogP contribution in [0.25, 0.3) is 0 Å². The number of nitrogens with two attached hydrogens (primary N) is 2. The summed E-state index contributed by atoms with van der Waals surface area (Å²) >= 11 is 0. The van der Waals surface area contributed by atoms with E-state index < -0.39 is 5.97 Å². The largest absolute Gasteiger partial charge is 0.481 e. The predicted octanol–water partition coefficient (Wildman–Crippen LogP) is 0.675. The van der Waals surface area contributed by atoms with E-state index in [-0.39, 0.29) is 12.0 Å². The number of rotatable bonds is 4. The first kappa shape index (κ1) is 12.9. The van der Waals surface area contributed by atoms with Gasteiger partial charge in [-0.25, -0.2) is 0 Å². The molecule has 1 aliphatic rings. The van der Waals surface area contributed by atoms with Crippen molar-refractivity contribution in [1.82, 2.24) is 4.90 Å². The van der Waals surface area contributed by atoms with Crippen LogP contribution in [0.2, 0.25) is 0 Å². The zero-order valence-electron chi connectivity index (χ0n) is 10.2. The van der Waals surface area contributed by atoms with Gasteiger partial charge in [0.1, 0.15) is 0 Å². The van der Waals surface area contributed by atoms with E-state index in [1.165, 1.54) is 0 Å². The molecule has 5 heteroatoms. The summed E-state index contributed by atoms with van der Waals surface area (Å²) in [5.74, 6) is -1.02. The third-order valence-corrected chi connectivity index (χ3v) is 3.59. The number of anilines is 1. The minimum atomic E-state index is -0.727. The average molecular weight is 249 g/mol. The molecular weight excluding hydrogens is 230 g/mol. The Morgan fingerprint density at radius 3 is 2.78 bits per heavy atom. The first-order chi connectivity index (χ1) is 8.63. The van der Waals surface area contributed by atoms with Crippen LogP contribution in [0, 0.1) is 5.92 Å². The molecule has 98 valence electrons. The normalized spacial score (nSPS) is 21.9. The predicted molar refractivity (Wildman–Crippen MR) is 70.0 cm³/mol. The summed E-state index contributed by atoms with van der Waals surface area (Å²) in [5, 5.41) is 9.03. The molecule has 1 aromatic carbocycles. The Morgan fingerprint density at radius 2 is 2.22 bits per heavy atom. The zero-order valence-corrected chi connectivity index (χ0v) is 10.2. The number of carbonyl (C=O) groups is 1. The number of nitrogens with zero attached hydrogens (tertiary/aromatic N) is 1. The average Bonchev–Trinajstić information content (AvgIpc) is 2.82. The Hall–Kier alpha value is -1.59. The van der Waals surface area contributed by atoms with Crippen molar-refractivity contribution in [3.63, 3.8) is 0 Å². The second-order valence-corrected chi connectivity index (χ2v) is 4.70. The van der Waals surface area contributed by atoms with E-state index in [0.717, 1.165) is 12.1 Å². The Balaban J connectivity index is 2.16. The summed E-state index contributed by atoms with van der Waals surface area (Å²) in [7, 11) is 0. The molecule has 0 bridgehead atoms. The molecule has 1 heterocycles. The minimum Gasteiger partial charge on any atom is -0.481 e. The summed E-state index contributed by atoms with van der Waals surface area (Å²) in [6.07, 6.45) is 0.679. The van der Waals surface area contributed by atoms with Gasteiger partial charge in [-0.1, -0.05) is 18.2 Å². The third kappa shape index (κ3) is 2.47.